The maximum absolute atomic E-state index is 11.5. The smallest absolute Gasteiger partial charge is 0.301 e. The number of pyridine rings is 1. The van der Waals surface area contributed by atoms with E-state index in [0.717, 1.165) is 11.1 Å². The molecule has 3 aromatic rings. The molecule has 0 spiro atoms. The van der Waals surface area contributed by atoms with Gasteiger partial charge in [-0.2, -0.15) is 0 Å². The summed E-state index contributed by atoms with van der Waals surface area (Å²) in [5, 5.41) is 14.9. The zero-order valence-corrected chi connectivity index (χ0v) is 12.4. The Labute approximate surface area is 132 Å². The number of benzene rings is 2. The molecule has 3 rings (SSSR count). The van der Waals surface area contributed by atoms with Crippen molar-refractivity contribution < 1.29 is 4.92 Å². The Kier molecular flexibility index (Phi) is 3.93. The number of nitro benzene ring substituents is 1. The van der Waals surface area contributed by atoms with Crippen molar-refractivity contribution >= 4 is 34.9 Å². The van der Waals surface area contributed by atoms with Gasteiger partial charge in [0.15, 0.2) is 0 Å². The normalized spacial score (nSPS) is 12.0. The fourth-order valence-corrected chi connectivity index (χ4v) is 2.69. The highest BCUT2D eigenvalue weighted by molar-refractivity contribution is 7.80. The second-order valence-electron chi connectivity index (χ2n) is 4.75. The molecule has 0 aliphatic carbocycles. The molecule has 0 amide bonds. The van der Waals surface area contributed by atoms with Crippen molar-refractivity contribution in [3.63, 3.8) is 0 Å². The number of thiol groups is 1. The number of aromatic nitrogens is 1. The quantitative estimate of drug-likeness (QED) is 0.328. The van der Waals surface area contributed by atoms with Crippen LogP contribution in [0.25, 0.3) is 10.9 Å². The third-order valence-electron chi connectivity index (χ3n) is 3.33. The van der Waals surface area contributed by atoms with Gasteiger partial charge >= 0.3 is 5.69 Å². The second-order valence-corrected chi connectivity index (χ2v) is 5.26. The van der Waals surface area contributed by atoms with E-state index in [2.05, 4.69) is 22.9 Å². The molecule has 6 heteroatoms. The summed E-state index contributed by atoms with van der Waals surface area (Å²) in [6, 6.07) is 16.5. The van der Waals surface area contributed by atoms with Crippen molar-refractivity contribution in [1.82, 2.24) is 4.98 Å². The van der Waals surface area contributed by atoms with Gasteiger partial charge in [-0.3, -0.25) is 10.1 Å². The standard InChI is InChI=1S/C16H13N3O2S/c20-19(21)15-13(9-8-11-5-4-10-17-14(11)15)16(22)18-12-6-2-1-3-7-12/h1-10,16,18,22H. The molecule has 0 bridgehead atoms. The van der Waals surface area contributed by atoms with E-state index < -0.39 is 10.3 Å². The van der Waals surface area contributed by atoms with Crippen LogP contribution in [0.2, 0.25) is 0 Å². The molecule has 1 N–H and O–H groups in total. The summed E-state index contributed by atoms with van der Waals surface area (Å²) < 4.78 is 0. The van der Waals surface area contributed by atoms with Gasteiger partial charge in [-0.1, -0.05) is 30.3 Å². The molecule has 0 fully saturated rings. The maximum atomic E-state index is 11.5. The average Bonchev–Trinajstić information content (AvgIpc) is 2.54. The summed E-state index contributed by atoms with van der Waals surface area (Å²) in [5.74, 6) is 0. The van der Waals surface area contributed by atoms with E-state index in [-0.39, 0.29) is 5.69 Å². The summed E-state index contributed by atoms with van der Waals surface area (Å²) in [4.78, 5) is 15.2. The van der Waals surface area contributed by atoms with Crippen LogP contribution in [-0.4, -0.2) is 9.91 Å². The van der Waals surface area contributed by atoms with Gasteiger partial charge in [-0.25, -0.2) is 4.98 Å². The Hall–Kier alpha value is -2.60. The van der Waals surface area contributed by atoms with Crippen molar-refractivity contribution in [2.45, 2.75) is 5.37 Å². The van der Waals surface area contributed by atoms with Gasteiger partial charge in [0, 0.05) is 17.3 Å². The summed E-state index contributed by atoms with van der Waals surface area (Å²) in [6.07, 6.45) is 1.55. The molecule has 5 nitrogen and oxygen atoms in total. The number of hydrogen-bond acceptors (Lipinski definition) is 5. The highest BCUT2D eigenvalue weighted by atomic mass is 32.1. The topological polar surface area (TPSA) is 68.1 Å². The molecule has 1 atom stereocenters. The SMILES string of the molecule is O=[N+]([O-])c1c(C(S)Nc2ccccc2)ccc2cccnc12. The molecule has 110 valence electrons. The third-order valence-corrected chi connectivity index (χ3v) is 3.74. The number of fused-ring (bicyclic) bond motifs is 1. The van der Waals surface area contributed by atoms with Crippen LogP contribution in [0.15, 0.2) is 60.8 Å². The number of nitrogens with zero attached hydrogens (tertiary/aromatic N) is 2. The molecular weight excluding hydrogens is 298 g/mol. The van der Waals surface area contributed by atoms with Crippen LogP contribution in [0.1, 0.15) is 10.9 Å². The minimum absolute atomic E-state index is 0.0125. The van der Waals surface area contributed by atoms with Crippen LogP contribution >= 0.6 is 12.6 Å². The number of para-hydroxylation sites is 1. The van der Waals surface area contributed by atoms with Crippen LogP contribution in [0, 0.1) is 10.1 Å². The second kappa shape index (κ2) is 6.03. The number of nitrogens with one attached hydrogen (secondary N) is 1. The summed E-state index contributed by atoms with van der Waals surface area (Å²) in [7, 11) is 0. The molecule has 0 aliphatic heterocycles. The lowest BCUT2D eigenvalue weighted by Gasteiger charge is -2.15. The van der Waals surface area contributed by atoms with Crippen LogP contribution in [0.3, 0.4) is 0 Å². The minimum atomic E-state index is -0.505. The van der Waals surface area contributed by atoms with Gasteiger partial charge in [-0.15, -0.1) is 12.6 Å². The molecule has 22 heavy (non-hydrogen) atoms. The van der Waals surface area contributed by atoms with Crippen molar-refractivity contribution in [1.29, 1.82) is 0 Å². The van der Waals surface area contributed by atoms with E-state index in [1.807, 2.05) is 36.4 Å². The molecule has 0 aliphatic rings. The third kappa shape index (κ3) is 2.73. The Morgan fingerprint density at radius 2 is 1.86 bits per heavy atom. The van der Waals surface area contributed by atoms with Crippen LogP contribution in [-0.2, 0) is 0 Å². The number of nitro groups is 1. The summed E-state index contributed by atoms with van der Waals surface area (Å²) >= 11 is 4.48. The largest absolute Gasteiger partial charge is 0.369 e. The Morgan fingerprint density at radius 3 is 2.59 bits per heavy atom. The summed E-state index contributed by atoms with van der Waals surface area (Å²) in [5.41, 5.74) is 1.70. The Morgan fingerprint density at radius 1 is 1.09 bits per heavy atom. The monoisotopic (exact) mass is 311 g/mol. The number of rotatable bonds is 4. The van der Waals surface area contributed by atoms with Crippen molar-refractivity contribution in [3.05, 3.63) is 76.5 Å². The predicted molar refractivity (Wildman–Crippen MR) is 90.2 cm³/mol. The lowest BCUT2D eigenvalue weighted by molar-refractivity contribution is -0.383. The van der Waals surface area contributed by atoms with Gasteiger partial charge in [0.2, 0.25) is 0 Å². The van der Waals surface area contributed by atoms with Gasteiger partial charge in [0.1, 0.15) is 10.9 Å². The van der Waals surface area contributed by atoms with Crippen LogP contribution in [0.4, 0.5) is 11.4 Å². The fraction of sp³-hybridized carbons (Fsp3) is 0.0625. The molecule has 1 heterocycles. The molecule has 1 aromatic heterocycles. The predicted octanol–water partition coefficient (Wildman–Crippen LogP) is 4.18. The van der Waals surface area contributed by atoms with Gasteiger partial charge < -0.3 is 5.32 Å². The molecule has 0 saturated heterocycles. The van der Waals surface area contributed by atoms with E-state index in [1.54, 1.807) is 24.4 Å². The first kappa shape index (κ1) is 14.3. The van der Waals surface area contributed by atoms with Gasteiger partial charge in [-0.05, 0) is 24.3 Å². The lowest BCUT2D eigenvalue weighted by Crippen LogP contribution is -2.07. The van der Waals surface area contributed by atoms with Crippen molar-refractivity contribution in [3.8, 4) is 0 Å². The average molecular weight is 311 g/mol. The molecule has 0 saturated carbocycles. The zero-order valence-electron chi connectivity index (χ0n) is 11.5. The van der Waals surface area contributed by atoms with E-state index in [1.165, 1.54) is 0 Å². The summed E-state index contributed by atoms with van der Waals surface area (Å²) in [6.45, 7) is 0. The first-order valence-electron chi connectivity index (χ1n) is 6.68. The van der Waals surface area contributed by atoms with Gasteiger partial charge in [0.25, 0.3) is 0 Å². The van der Waals surface area contributed by atoms with E-state index in [9.17, 15) is 10.1 Å². The molecule has 1 unspecified atom stereocenters. The molecular formula is C16H13N3O2S. The molecule has 2 aromatic carbocycles. The Bertz CT molecular complexity index is 824. The Balaban J connectivity index is 2.06. The van der Waals surface area contributed by atoms with E-state index in [0.29, 0.717) is 11.1 Å². The first-order valence-corrected chi connectivity index (χ1v) is 7.20. The number of anilines is 1. The van der Waals surface area contributed by atoms with Crippen molar-refractivity contribution in [2.75, 3.05) is 5.32 Å². The van der Waals surface area contributed by atoms with Crippen molar-refractivity contribution in [2.24, 2.45) is 0 Å². The lowest BCUT2D eigenvalue weighted by atomic mass is 10.1. The van der Waals surface area contributed by atoms with E-state index >= 15 is 0 Å². The highest BCUT2D eigenvalue weighted by Gasteiger charge is 2.23. The maximum Gasteiger partial charge on any atom is 0.301 e. The fourth-order valence-electron chi connectivity index (χ4n) is 2.33. The zero-order chi connectivity index (χ0) is 15.5. The molecule has 0 radical (unpaired) electrons. The minimum Gasteiger partial charge on any atom is -0.369 e. The highest BCUT2D eigenvalue weighted by Crippen LogP contribution is 2.35. The van der Waals surface area contributed by atoms with Crippen LogP contribution in [0.5, 0.6) is 0 Å². The van der Waals surface area contributed by atoms with Crippen LogP contribution < -0.4 is 5.32 Å². The number of hydrogen-bond donors (Lipinski definition) is 2. The first-order chi connectivity index (χ1) is 10.7. The van der Waals surface area contributed by atoms with Gasteiger partial charge in [0.05, 0.1) is 10.5 Å². The van der Waals surface area contributed by atoms with E-state index in [4.69, 9.17) is 0 Å².